The molecular formula is C12H22N4. The Hall–Kier alpha value is -1.32. The lowest BCUT2D eigenvalue weighted by Gasteiger charge is -2.17. The Morgan fingerprint density at radius 1 is 1.25 bits per heavy atom. The molecule has 4 heteroatoms. The molecule has 1 atom stereocenters. The van der Waals surface area contributed by atoms with E-state index >= 15 is 0 Å². The van der Waals surface area contributed by atoms with E-state index in [0.717, 1.165) is 17.9 Å². The van der Waals surface area contributed by atoms with Crippen molar-refractivity contribution in [3.05, 3.63) is 11.8 Å². The van der Waals surface area contributed by atoms with Crippen LogP contribution in [0.25, 0.3) is 0 Å². The largest absolute Gasteiger partial charge is 0.367 e. The molecule has 4 nitrogen and oxygen atoms in total. The van der Waals surface area contributed by atoms with Crippen molar-refractivity contribution in [1.82, 2.24) is 9.97 Å². The first kappa shape index (κ1) is 12.7. The molecule has 0 aliphatic carbocycles. The van der Waals surface area contributed by atoms with Crippen molar-refractivity contribution in [1.29, 1.82) is 0 Å². The van der Waals surface area contributed by atoms with Gasteiger partial charge in [-0.05, 0) is 26.2 Å². The minimum atomic E-state index is 0.430. The standard InChI is InChI=1S/C12H22N4/c1-8(2)6-9(3)14-11-7-10(4)15-12(13-5)16-11/h7-9H,6H2,1-5H3,(H2,13,14,15,16). The maximum absolute atomic E-state index is 4.37. The van der Waals surface area contributed by atoms with Crippen molar-refractivity contribution in [2.75, 3.05) is 17.7 Å². The van der Waals surface area contributed by atoms with E-state index in [2.05, 4.69) is 41.4 Å². The van der Waals surface area contributed by atoms with E-state index < -0.39 is 0 Å². The van der Waals surface area contributed by atoms with Crippen molar-refractivity contribution in [2.45, 2.75) is 40.2 Å². The third-order valence-electron chi connectivity index (χ3n) is 2.30. The van der Waals surface area contributed by atoms with E-state index in [0.29, 0.717) is 17.9 Å². The van der Waals surface area contributed by atoms with Gasteiger partial charge in [0.05, 0.1) is 0 Å². The van der Waals surface area contributed by atoms with Gasteiger partial charge >= 0.3 is 0 Å². The van der Waals surface area contributed by atoms with Crippen molar-refractivity contribution < 1.29 is 0 Å². The van der Waals surface area contributed by atoms with Crippen LogP contribution in [0.4, 0.5) is 11.8 Å². The van der Waals surface area contributed by atoms with Crippen LogP contribution in [0.1, 0.15) is 32.9 Å². The Morgan fingerprint density at radius 3 is 2.50 bits per heavy atom. The summed E-state index contributed by atoms with van der Waals surface area (Å²) in [6, 6.07) is 2.40. The molecule has 1 heterocycles. The summed E-state index contributed by atoms with van der Waals surface area (Å²) in [5.41, 5.74) is 0.971. The van der Waals surface area contributed by atoms with Crippen molar-refractivity contribution in [3.63, 3.8) is 0 Å². The zero-order valence-electron chi connectivity index (χ0n) is 10.8. The van der Waals surface area contributed by atoms with Crippen molar-refractivity contribution in [3.8, 4) is 0 Å². The fourth-order valence-electron chi connectivity index (χ4n) is 1.77. The van der Waals surface area contributed by atoms with Gasteiger partial charge in [0.15, 0.2) is 0 Å². The van der Waals surface area contributed by atoms with Gasteiger partial charge in [0.25, 0.3) is 0 Å². The van der Waals surface area contributed by atoms with Crippen molar-refractivity contribution >= 4 is 11.8 Å². The van der Waals surface area contributed by atoms with E-state index in [4.69, 9.17) is 0 Å². The normalized spacial score (nSPS) is 12.6. The summed E-state index contributed by atoms with van der Waals surface area (Å²) in [5, 5.41) is 6.36. The van der Waals surface area contributed by atoms with Crippen LogP contribution >= 0.6 is 0 Å². The first-order chi connectivity index (χ1) is 7.51. The number of nitrogens with zero attached hydrogens (tertiary/aromatic N) is 2. The highest BCUT2D eigenvalue weighted by atomic mass is 15.1. The highest BCUT2D eigenvalue weighted by molar-refractivity contribution is 5.42. The predicted molar refractivity (Wildman–Crippen MR) is 68.9 cm³/mol. The van der Waals surface area contributed by atoms with Crippen LogP contribution in [0.15, 0.2) is 6.07 Å². The van der Waals surface area contributed by atoms with Gasteiger partial charge in [-0.2, -0.15) is 4.98 Å². The van der Waals surface area contributed by atoms with E-state index in [-0.39, 0.29) is 0 Å². The second kappa shape index (κ2) is 5.68. The third kappa shape index (κ3) is 4.04. The first-order valence-corrected chi connectivity index (χ1v) is 5.81. The molecule has 0 aromatic carbocycles. The molecule has 0 fully saturated rings. The average molecular weight is 222 g/mol. The van der Waals surface area contributed by atoms with Crippen molar-refractivity contribution in [2.24, 2.45) is 5.92 Å². The molecule has 0 amide bonds. The molecule has 0 saturated heterocycles. The number of nitrogens with one attached hydrogen (secondary N) is 2. The molecule has 16 heavy (non-hydrogen) atoms. The quantitative estimate of drug-likeness (QED) is 0.804. The van der Waals surface area contributed by atoms with Crippen LogP contribution in [0.2, 0.25) is 0 Å². The van der Waals surface area contributed by atoms with Gasteiger partial charge in [-0.3, -0.25) is 0 Å². The van der Waals surface area contributed by atoms with Gasteiger partial charge in [-0.25, -0.2) is 4.98 Å². The summed E-state index contributed by atoms with van der Waals surface area (Å²) in [7, 11) is 1.83. The zero-order chi connectivity index (χ0) is 12.1. The summed E-state index contributed by atoms with van der Waals surface area (Å²) in [6.45, 7) is 8.60. The second-order valence-corrected chi connectivity index (χ2v) is 4.64. The molecule has 0 saturated carbocycles. The highest BCUT2D eigenvalue weighted by Crippen LogP contribution is 2.13. The topological polar surface area (TPSA) is 49.8 Å². The van der Waals surface area contributed by atoms with Crippen LogP contribution in [-0.4, -0.2) is 23.1 Å². The molecule has 1 unspecified atom stereocenters. The van der Waals surface area contributed by atoms with E-state index in [9.17, 15) is 0 Å². The van der Waals surface area contributed by atoms with Gasteiger partial charge in [0, 0.05) is 24.8 Å². The predicted octanol–water partition coefficient (Wildman–Crippen LogP) is 2.67. The smallest absolute Gasteiger partial charge is 0.224 e. The molecule has 1 aromatic heterocycles. The average Bonchev–Trinajstić information content (AvgIpc) is 2.14. The van der Waals surface area contributed by atoms with E-state index in [1.807, 2.05) is 20.0 Å². The van der Waals surface area contributed by atoms with Crippen LogP contribution in [0, 0.1) is 12.8 Å². The number of aryl methyl sites for hydroxylation is 1. The summed E-state index contributed by atoms with van der Waals surface area (Å²) >= 11 is 0. The molecule has 90 valence electrons. The van der Waals surface area contributed by atoms with Crippen LogP contribution in [-0.2, 0) is 0 Å². The monoisotopic (exact) mass is 222 g/mol. The molecular weight excluding hydrogens is 200 g/mol. The SMILES string of the molecule is CNc1nc(C)cc(NC(C)CC(C)C)n1. The molecule has 0 aliphatic heterocycles. The minimum absolute atomic E-state index is 0.430. The summed E-state index contributed by atoms with van der Waals surface area (Å²) in [6.07, 6.45) is 1.14. The number of hydrogen-bond acceptors (Lipinski definition) is 4. The van der Waals surface area contributed by atoms with E-state index in [1.165, 1.54) is 0 Å². The van der Waals surface area contributed by atoms with Gasteiger partial charge in [0.1, 0.15) is 5.82 Å². The number of rotatable bonds is 5. The Labute approximate surface area is 97.9 Å². The molecule has 1 rings (SSSR count). The van der Waals surface area contributed by atoms with E-state index in [1.54, 1.807) is 0 Å². The maximum atomic E-state index is 4.37. The van der Waals surface area contributed by atoms with Crippen LogP contribution < -0.4 is 10.6 Å². The fourth-order valence-corrected chi connectivity index (χ4v) is 1.77. The Morgan fingerprint density at radius 2 is 1.94 bits per heavy atom. The molecule has 0 aliphatic rings. The Balaban J connectivity index is 2.69. The molecule has 0 bridgehead atoms. The van der Waals surface area contributed by atoms with Gasteiger partial charge < -0.3 is 10.6 Å². The number of hydrogen-bond donors (Lipinski definition) is 2. The Kier molecular flexibility index (Phi) is 4.52. The lowest BCUT2D eigenvalue weighted by atomic mass is 10.1. The van der Waals surface area contributed by atoms with Crippen LogP contribution in [0.5, 0.6) is 0 Å². The number of anilines is 2. The first-order valence-electron chi connectivity index (χ1n) is 5.81. The molecule has 0 spiro atoms. The highest BCUT2D eigenvalue weighted by Gasteiger charge is 2.07. The lowest BCUT2D eigenvalue weighted by molar-refractivity contribution is 0.539. The summed E-state index contributed by atoms with van der Waals surface area (Å²) in [5.74, 6) is 2.25. The summed E-state index contributed by atoms with van der Waals surface area (Å²) in [4.78, 5) is 8.62. The number of aromatic nitrogens is 2. The van der Waals surface area contributed by atoms with Gasteiger partial charge in [-0.15, -0.1) is 0 Å². The minimum Gasteiger partial charge on any atom is -0.367 e. The molecule has 2 N–H and O–H groups in total. The second-order valence-electron chi connectivity index (χ2n) is 4.64. The summed E-state index contributed by atoms with van der Waals surface area (Å²) < 4.78 is 0. The fraction of sp³-hybridized carbons (Fsp3) is 0.667. The molecule has 0 radical (unpaired) electrons. The third-order valence-corrected chi connectivity index (χ3v) is 2.30. The van der Waals surface area contributed by atoms with Crippen LogP contribution in [0.3, 0.4) is 0 Å². The zero-order valence-corrected chi connectivity index (χ0v) is 10.8. The van der Waals surface area contributed by atoms with Gasteiger partial charge in [-0.1, -0.05) is 13.8 Å². The van der Waals surface area contributed by atoms with Gasteiger partial charge in [0.2, 0.25) is 5.95 Å². The molecule has 1 aromatic rings. The Bertz CT molecular complexity index is 336. The lowest BCUT2D eigenvalue weighted by Crippen LogP contribution is -2.18. The maximum Gasteiger partial charge on any atom is 0.224 e.